The second-order valence-corrected chi connectivity index (χ2v) is 9.77. The Balaban J connectivity index is 1.49. The van der Waals surface area contributed by atoms with E-state index >= 15 is 0 Å². The first kappa shape index (κ1) is 22.1. The molecule has 0 aromatic heterocycles. The SMILES string of the molecule is Cc1ccc(S(=O)(=O)N2CCC[C@H]2C(=O)NC(Cc2ccc3c(c2)OCO3)C(=O)O)cc1. The number of ether oxygens (including phenoxy) is 2. The summed E-state index contributed by atoms with van der Waals surface area (Å²) in [5.74, 6) is -0.731. The number of aliphatic carboxylic acids is 1. The predicted octanol–water partition coefficient (Wildman–Crippen LogP) is 1.69. The number of fused-ring (bicyclic) bond motifs is 1. The Bertz CT molecular complexity index is 1130. The van der Waals surface area contributed by atoms with Crippen molar-refractivity contribution in [3.63, 3.8) is 0 Å². The number of carboxylic acids is 1. The van der Waals surface area contributed by atoms with Crippen LogP contribution in [-0.2, 0) is 26.0 Å². The largest absolute Gasteiger partial charge is 0.480 e. The smallest absolute Gasteiger partial charge is 0.326 e. The molecule has 1 unspecified atom stereocenters. The van der Waals surface area contributed by atoms with Crippen molar-refractivity contribution in [2.75, 3.05) is 13.3 Å². The van der Waals surface area contributed by atoms with Crippen LogP contribution in [-0.4, -0.2) is 55.1 Å². The van der Waals surface area contributed by atoms with Gasteiger partial charge >= 0.3 is 5.97 Å². The maximum atomic E-state index is 13.1. The summed E-state index contributed by atoms with van der Waals surface area (Å²) in [5.41, 5.74) is 1.57. The highest BCUT2D eigenvalue weighted by Crippen LogP contribution is 2.33. The summed E-state index contributed by atoms with van der Waals surface area (Å²) in [6.45, 7) is 2.16. The van der Waals surface area contributed by atoms with Crippen LogP contribution in [0.3, 0.4) is 0 Å². The Kier molecular flexibility index (Phi) is 6.07. The lowest BCUT2D eigenvalue weighted by molar-refractivity contribution is -0.142. The number of carboxylic acid groups (broad SMARTS) is 1. The molecule has 170 valence electrons. The quantitative estimate of drug-likeness (QED) is 0.645. The summed E-state index contributed by atoms with van der Waals surface area (Å²) in [7, 11) is -3.88. The summed E-state index contributed by atoms with van der Waals surface area (Å²) in [6, 6.07) is 9.31. The van der Waals surface area contributed by atoms with E-state index in [1.165, 1.54) is 12.1 Å². The Morgan fingerprint density at radius 1 is 1.16 bits per heavy atom. The van der Waals surface area contributed by atoms with E-state index in [1.54, 1.807) is 30.3 Å². The van der Waals surface area contributed by atoms with Gasteiger partial charge in [0.05, 0.1) is 4.90 Å². The van der Waals surface area contributed by atoms with Crippen LogP contribution in [0.25, 0.3) is 0 Å². The number of aryl methyl sites for hydroxylation is 1. The number of nitrogens with one attached hydrogen (secondary N) is 1. The van der Waals surface area contributed by atoms with Gasteiger partial charge in [0.1, 0.15) is 12.1 Å². The molecule has 2 atom stereocenters. The lowest BCUT2D eigenvalue weighted by atomic mass is 10.0. The van der Waals surface area contributed by atoms with Crippen LogP contribution in [0.4, 0.5) is 0 Å². The molecule has 2 heterocycles. The number of nitrogens with zero attached hydrogens (tertiary/aromatic N) is 1. The molecule has 0 radical (unpaired) electrons. The zero-order valence-electron chi connectivity index (χ0n) is 17.5. The number of sulfonamides is 1. The van der Waals surface area contributed by atoms with Crippen molar-refractivity contribution in [2.45, 2.75) is 43.2 Å². The van der Waals surface area contributed by atoms with E-state index in [0.29, 0.717) is 29.9 Å². The van der Waals surface area contributed by atoms with Crippen molar-refractivity contribution < 1.29 is 32.6 Å². The molecular weight excluding hydrogens is 436 g/mol. The third-order valence-corrected chi connectivity index (χ3v) is 7.55. The average molecular weight is 461 g/mol. The van der Waals surface area contributed by atoms with Crippen molar-refractivity contribution in [1.82, 2.24) is 9.62 Å². The number of carbonyl (C=O) groups excluding carboxylic acids is 1. The van der Waals surface area contributed by atoms with Crippen molar-refractivity contribution in [3.05, 3.63) is 53.6 Å². The summed E-state index contributed by atoms with van der Waals surface area (Å²) in [6.07, 6.45) is 0.867. The van der Waals surface area contributed by atoms with E-state index in [9.17, 15) is 23.1 Å². The van der Waals surface area contributed by atoms with Gasteiger partial charge in [-0.25, -0.2) is 13.2 Å². The Morgan fingerprint density at radius 2 is 1.88 bits per heavy atom. The standard InChI is InChI=1S/C22H24N2O7S/c1-14-4-7-16(8-5-14)32(28,29)24-10-2-3-18(24)21(25)23-17(22(26)27)11-15-6-9-19-20(12-15)31-13-30-19/h4-9,12,17-18H,2-3,10-11,13H2,1H3,(H,23,25)(H,26,27)/t17?,18-/m0/s1. The number of benzene rings is 2. The van der Waals surface area contributed by atoms with Gasteiger partial charge in [-0.3, -0.25) is 4.79 Å². The molecule has 2 aromatic rings. The lowest BCUT2D eigenvalue weighted by Crippen LogP contribution is -2.51. The molecule has 1 amide bonds. The molecule has 1 fully saturated rings. The third-order valence-electron chi connectivity index (χ3n) is 5.63. The minimum atomic E-state index is -3.88. The fourth-order valence-corrected chi connectivity index (χ4v) is 5.56. The number of hydrogen-bond donors (Lipinski definition) is 2. The van der Waals surface area contributed by atoms with Crippen molar-refractivity contribution in [3.8, 4) is 11.5 Å². The summed E-state index contributed by atoms with van der Waals surface area (Å²) in [5, 5.41) is 12.2. The molecule has 32 heavy (non-hydrogen) atoms. The van der Waals surface area contributed by atoms with Crippen LogP contribution in [0.2, 0.25) is 0 Å². The van der Waals surface area contributed by atoms with Crippen LogP contribution in [0.5, 0.6) is 11.5 Å². The number of rotatable bonds is 7. The fourth-order valence-electron chi connectivity index (χ4n) is 3.91. The second-order valence-electron chi connectivity index (χ2n) is 7.88. The van der Waals surface area contributed by atoms with E-state index in [2.05, 4.69) is 5.32 Å². The zero-order chi connectivity index (χ0) is 22.9. The fraction of sp³-hybridized carbons (Fsp3) is 0.364. The van der Waals surface area contributed by atoms with E-state index in [4.69, 9.17) is 9.47 Å². The van der Waals surface area contributed by atoms with Gasteiger partial charge in [-0.05, 0) is 49.6 Å². The zero-order valence-corrected chi connectivity index (χ0v) is 18.3. The normalized spacial score (nSPS) is 19.0. The van der Waals surface area contributed by atoms with Gasteiger partial charge in [-0.2, -0.15) is 4.31 Å². The van der Waals surface area contributed by atoms with Crippen molar-refractivity contribution >= 4 is 21.9 Å². The van der Waals surface area contributed by atoms with Gasteiger partial charge in [0.2, 0.25) is 22.7 Å². The average Bonchev–Trinajstić information content (AvgIpc) is 3.43. The van der Waals surface area contributed by atoms with E-state index in [-0.39, 0.29) is 24.7 Å². The molecule has 2 aliphatic rings. The molecule has 2 aliphatic heterocycles. The molecule has 0 aliphatic carbocycles. The van der Waals surface area contributed by atoms with Crippen LogP contribution < -0.4 is 14.8 Å². The highest BCUT2D eigenvalue weighted by molar-refractivity contribution is 7.89. The van der Waals surface area contributed by atoms with Crippen molar-refractivity contribution in [1.29, 1.82) is 0 Å². The molecule has 0 bridgehead atoms. The monoisotopic (exact) mass is 460 g/mol. The summed E-state index contributed by atoms with van der Waals surface area (Å²) >= 11 is 0. The minimum absolute atomic E-state index is 0.0230. The molecule has 10 heteroatoms. The predicted molar refractivity (Wildman–Crippen MR) is 114 cm³/mol. The van der Waals surface area contributed by atoms with Crippen molar-refractivity contribution in [2.24, 2.45) is 0 Å². The van der Waals surface area contributed by atoms with Gasteiger partial charge in [0, 0.05) is 13.0 Å². The number of hydrogen-bond acceptors (Lipinski definition) is 6. The van der Waals surface area contributed by atoms with E-state index < -0.39 is 34.0 Å². The number of amides is 1. The summed E-state index contributed by atoms with van der Waals surface area (Å²) in [4.78, 5) is 24.9. The maximum Gasteiger partial charge on any atom is 0.326 e. The molecule has 0 spiro atoms. The van der Waals surface area contributed by atoms with E-state index in [0.717, 1.165) is 9.87 Å². The summed E-state index contributed by atoms with van der Waals surface area (Å²) < 4.78 is 37.9. The first-order valence-corrected chi connectivity index (χ1v) is 11.7. The Morgan fingerprint density at radius 3 is 2.59 bits per heavy atom. The number of carbonyl (C=O) groups is 2. The van der Waals surface area contributed by atoms with Crippen LogP contribution in [0.15, 0.2) is 47.4 Å². The highest BCUT2D eigenvalue weighted by Gasteiger charge is 2.40. The molecule has 4 rings (SSSR count). The van der Waals surface area contributed by atoms with Gasteiger partial charge in [-0.15, -0.1) is 0 Å². The minimum Gasteiger partial charge on any atom is -0.480 e. The van der Waals surface area contributed by atoms with Gasteiger partial charge in [-0.1, -0.05) is 23.8 Å². The molecule has 1 saturated heterocycles. The second kappa shape index (κ2) is 8.79. The highest BCUT2D eigenvalue weighted by atomic mass is 32.2. The topological polar surface area (TPSA) is 122 Å². The van der Waals surface area contributed by atoms with E-state index in [1.807, 2.05) is 6.92 Å². The first-order valence-electron chi connectivity index (χ1n) is 10.3. The first-order chi connectivity index (χ1) is 15.3. The molecule has 0 saturated carbocycles. The van der Waals surface area contributed by atoms with Crippen LogP contribution in [0.1, 0.15) is 24.0 Å². The van der Waals surface area contributed by atoms with Crippen LogP contribution >= 0.6 is 0 Å². The molecular formula is C22H24N2O7S. The molecule has 2 N–H and O–H groups in total. The van der Waals surface area contributed by atoms with Crippen LogP contribution in [0, 0.1) is 6.92 Å². The van der Waals surface area contributed by atoms with Gasteiger partial charge < -0.3 is 19.9 Å². The lowest BCUT2D eigenvalue weighted by Gasteiger charge is -2.25. The van der Waals surface area contributed by atoms with Gasteiger partial charge in [0.25, 0.3) is 0 Å². The Labute approximate surface area is 186 Å². The maximum absolute atomic E-state index is 13.1. The molecule has 9 nitrogen and oxygen atoms in total. The molecule has 2 aromatic carbocycles. The van der Waals surface area contributed by atoms with Gasteiger partial charge in [0.15, 0.2) is 11.5 Å². The third kappa shape index (κ3) is 4.42. The Hall–Kier alpha value is -3.11.